The van der Waals surface area contributed by atoms with Gasteiger partial charge in [-0.15, -0.1) is 0 Å². The van der Waals surface area contributed by atoms with Gasteiger partial charge in [-0.1, -0.05) is 42.5 Å². The zero-order chi connectivity index (χ0) is 19.2. The molecule has 0 heterocycles. The van der Waals surface area contributed by atoms with Crippen LogP contribution >= 0.6 is 0 Å². The molecule has 0 atom stereocenters. The Labute approximate surface area is 156 Å². The van der Waals surface area contributed by atoms with Crippen molar-refractivity contribution in [1.82, 2.24) is 5.32 Å². The zero-order valence-electron chi connectivity index (χ0n) is 15.5. The second-order valence-electron chi connectivity index (χ2n) is 6.46. The lowest BCUT2D eigenvalue weighted by Gasteiger charge is -2.24. The van der Waals surface area contributed by atoms with Gasteiger partial charge in [0.15, 0.2) is 0 Å². The fourth-order valence-corrected chi connectivity index (χ4v) is 3.72. The van der Waals surface area contributed by atoms with E-state index in [2.05, 4.69) is 5.32 Å². The topological polar surface area (TPSA) is 66.5 Å². The van der Waals surface area contributed by atoms with Crippen molar-refractivity contribution in [3.8, 4) is 0 Å². The van der Waals surface area contributed by atoms with E-state index in [9.17, 15) is 13.2 Å². The van der Waals surface area contributed by atoms with Crippen LogP contribution in [-0.4, -0.2) is 33.7 Å². The summed E-state index contributed by atoms with van der Waals surface area (Å²) in [5.74, 6) is -0.0803. The normalized spacial score (nSPS) is 11.2. The molecule has 0 aliphatic rings. The van der Waals surface area contributed by atoms with Crippen molar-refractivity contribution in [2.45, 2.75) is 26.7 Å². The first-order valence-electron chi connectivity index (χ1n) is 8.63. The smallest absolute Gasteiger partial charge is 0.232 e. The molecule has 0 saturated carbocycles. The summed E-state index contributed by atoms with van der Waals surface area (Å²) in [5.41, 5.74) is 3.64. The van der Waals surface area contributed by atoms with E-state index in [0.717, 1.165) is 16.7 Å². The molecule has 1 N–H and O–H groups in total. The highest BCUT2D eigenvalue weighted by atomic mass is 32.2. The van der Waals surface area contributed by atoms with Gasteiger partial charge in [0.05, 0.1) is 18.5 Å². The Kier molecular flexibility index (Phi) is 6.80. The van der Waals surface area contributed by atoms with Crippen LogP contribution in [0, 0.1) is 13.8 Å². The van der Waals surface area contributed by atoms with E-state index < -0.39 is 10.0 Å². The van der Waals surface area contributed by atoms with E-state index in [1.54, 1.807) is 0 Å². The third-order valence-corrected chi connectivity index (χ3v) is 5.33. The second-order valence-corrected chi connectivity index (χ2v) is 8.37. The third-order valence-electron chi connectivity index (χ3n) is 4.15. The van der Waals surface area contributed by atoms with Crippen LogP contribution in [0.1, 0.15) is 23.1 Å². The Bertz CT molecular complexity index is 849. The quantitative estimate of drug-likeness (QED) is 0.773. The van der Waals surface area contributed by atoms with Crippen LogP contribution in [0.4, 0.5) is 5.69 Å². The van der Waals surface area contributed by atoms with Crippen molar-refractivity contribution >= 4 is 21.6 Å². The summed E-state index contributed by atoms with van der Waals surface area (Å²) in [6.45, 7) is 4.29. The highest BCUT2D eigenvalue weighted by molar-refractivity contribution is 7.92. The number of aryl methyl sites for hydroxylation is 3. The molecule has 1 amide bonds. The van der Waals surface area contributed by atoms with E-state index in [1.807, 2.05) is 62.4 Å². The molecule has 0 aromatic heterocycles. The van der Waals surface area contributed by atoms with Gasteiger partial charge >= 0.3 is 0 Å². The molecule has 26 heavy (non-hydrogen) atoms. The number of carbonyl (C=O) groups is 1. The number of carbonyl (C=O) groups excluding carboxylic acids is 1. The van der Waals surface area contributed by atoms with Gasteiger partial charge in [-0.2, -0.15) is 0 Å². The van der Waals surface area contributed by atoms with E-state index in [-0.39, 0.29) is 19.0 Å². The lowest BCUT2D eigenvalue weighted by molar-refractivity contribution is -0.120. The van der Waals surface area contributed by atoms with Crippen LogP contribution in [0.25, 0.3) is 0 Å². The molecule has 2 rings (SSSR count). The van der Waals surface area contributed by atoms with Gasteiger partial charge in [0, 0.05) is 13.0 Å². The van der Waals surface area contributed by atoms with Crippen LogP contribution in [0.5, 0.6) is 0 Å². The lowest BCUT2D eigenvalue weighted by atomic mass is 10.1. The molecule has 0 spiro atoms. The summed E-state index contributed by atoms with van der Waals surface area (Å²) >= 11 is 0. The molecule has 2 aromatic carbocycles. The van der Waals surface area contributed by atoms with Gasteiger partial charge in [-0.05, 0) is 43.0 Å². The minimum atomic E-state index is -3.43. The Morgan fingerprint density at radius 1 is 1.08 bits per heavy atom. The fraction of sp³-hybridized carbons (Fsp3) is 0.350. The van der Waals surface area contributed by atoms with Crippen molar-refractivity contribution < 1.29 is 13.2 Å². The number of rotatable bonds is 8. The molecular weight excluding hydrogens is 348 g/mol. The SMILES string of the molecule is Cc1ccc(C)c(N(CCNC(=O)CCc2ccccc2)S(C)(=O)=O)c1. The molecule has 5 nitrogen and oxygen atoms in total. The Hall–Kier alpha value is -2.34. The summed E-state index contributed by atoms with van der Waals surface area (Å²) < 4.78 is 25.7. The largest absolute Gasteiger partial charge is 0.354 e. The molecule has 0 aliphatic carbocycles. The average molecular weight is 375 g/mol. The molecule has 0 radical (unpaired) electrons. The van der Waals surface area contributed by atoms with Crippen LogP contribution in [0.15, 0.2) is 48.5 Å². The third kappa shape index (κ3) is 5.88. The van der Waals surface area contributed by atoms with Crippen molar-refractivity contribution in [2.75, 3.05) is 23.7 Å². The number of nitrogens with zero attached hydrogens (tertiary/aromatic N) is 1. The first kappa shape index (κ1) is 20.0. The molecule has 0 saturated heterocycles. The number of hydrogen-bond donors (Lipinski definition) is 1. The van der Waals surface area contributed by atoms with Crippen molar-refractivity contribution in [3.05, 3.63) is 65.2 Å². The van der Waals surface area contributed by atoms with E-state index in [1.165, 1.54) is 10.6 Å². The maximum Gasteiger partial charge on any atom is 0.232 e. The summed E-state index contributed by atoms with van der Waals surface area (Å²) in [7, 11) is -3.43. The first-order valence-corrected chi connectivity index (χ1v) is 10.5. The highest BCUT2D eigenvalue weighted by Crippen LogP contribution is 2.23. The van der Waals surface area contributed by atoms with Gasteiger partial charge in [-0.3, -0.25) is 9.10 Å². The molecular formula is C20H26N2O3S. The predicted molar refractivity (Wildman–Crippen MR) is 106 cm³/mol. The van der Waals surface area contributed by atoms with Gasteiger partial charge in [0.1, 0.15) is 0 Å². The highest BCUT2D eigenvalue weighted by Gasteiger charge is 2.19. The van der Waals surface area contributed by atoms with Gasteiger partial charge in [0.2, 0.25) is 15.9 Å². The van der Waals surface area contributed by atoms with Gasteiger partial charge in [-0.25, -0.2) is 8.42 Å². The van der Waals surface area contributed by atoms with E-state index in [4.69, 9.17) is 0 Å². The van der Waals surface area contributed by atoms with Gasteiger partial charge < -0.3 is 5.32 Å². The van der Waals surface area contributed by atoms with Crippen molar-refractivity contribution in [3.63, 3.8) is 0 Å². The monoisotopic (exact) mass is 374 g/mol. The lowest BCUT2D eigenvalue weighted by Crippen LogP contribution is -2.38. The number of nitrogens with one attached hydrogen (secondary N) is 1. The minimum Gasteiger partial charge on any atom is -0.354 e. The Morgan fingerprint density at radius 2 is 1.77 bits per heavy atom. The summed E-state index contributed by atoms with van der Waals surface area (Å²) in [6, 6.07) is 15.5. The molecule has 0 unspecified atom stereocenters. The molecule has 2 aromatic rings. The second kappa shape index (κ2) is 8.85. The van der Waals surface area contributed by atoms with Crippen LogP contribution in [-0.2, 0) is 21.2 Å². The van der Waals surface area contributed by atoms with Crippen molar-refractivity contribution in [2.24, 2.45) is 0 Å². The number of amides is 1. The standard InChI is InChI=1S/C20H26N2O3S/c1-16-9-10-17(2)19(15-16)22(26(3,24)25)14-13-21-20(23)12-11-18-7-5-4-6-8-18/h4-10,15H,11-14H2,1-3H3,(H,21,23). The predicted octanol–water partition coefficient (Wildman–Crippen LogP) is 2.82. The minimum absolute atomic E-state index is 0.0803. The Morgan fingerprint density at radius 3 is 2.42 bits per heavy atom. The zero-order valence-corrected chi connectivity index (χ0v) is 16.3. The number of anilines is 1. The number of hydrogen-bond acceptors (Lipinski definition) is 3. The maximum absolute atomic E-state index is 12.2. The Balaban J connectivity index is 1.94. The molecule has 6 heteroatoms. The summed E-state index contributed by atoms with van der Waals surface area (Å²) in [6.07, 6.45) is 2.23. The number of benzene rings is 2. The van der Waals surface area contributed by atoms with Gasteiger partial charge in [0.25, 0.3) is 0 Å². The van der Waals surface area contributed by atoms with Crippen LogP contribution in [0.3, 0.4) is 0 Å². The van der Waals surface area contributed by atoms with E-state index in [0.29, 0.717) is 18.5 Å². The van der Waals surface area contributed by atoms with E-state index >= 15 is 0 Å². The summed E-state index contributed by atoms with van der Waals surface area (Å²) in [4.78, 5) is 12.0. The summed E-state index contributed by atoms with van der Waals surface area (Å²) in [5, 5.41) is 2.81. The molecule has 0 aliphatic heterocycles. The molecule has 0 bridgehead atoms. The number of sulfonamides is 1. The van der Waals surface area contributed by atoms with Crippen LogP contribution in [0.2, 0.25) is 0 Å². The first-order chi connectivity index (χ1) is 12.3. The fourth-order valence-electron chi connectivity index (χ4n) is 2.74. The molecule has 140 valence electrons. The van der Waals surface area contributed by atoms with Crippen LogP contribution < -0.4 is 9.62 Å². The molecule has 0 fully saturated rings. The average Bonchev–Trinajstić information content (AvgIpc) is 2.59. The maximum atomic E-state index is 12.2. The van der Waals surface area contributed by atoms with Crippen molar-refractivity contribution in [1.29, 1.82) is 0 Å².